The number of methoxy groups -OCH3 is 1. The largest absolute Gasteiger partial charge is 0.383 e. The molecule has 0 amide bonds. The van der Waals surface area contributed by atoms with Crippen molar-refractivity contribution in [3.05, 3.63) is 44.7 Å². The molecule has 0 aliphatic carbocycles. The van der Waals surface area contributed by atoms with Gasteiger partial charge in [0.2, 0.25) is 0 Å². The predicted molar refractivity (Wildman–Crippen MR) is 84.9 cm³/mol. The lowest BCUT2D eigenvalue weighted by Gasteiger charge is -2.11. The summed E-state index contributed by atoms with van der Waals surface area (Å²) in [6.07, 6.45) is 3.82. The van der Waals surface area contributed by atoms with Crippen molar-refractivity contribution in [1.82, 2.24) is 15.1 Å². The third-order valence-corrected chi connectivity index (χ3v) is 3.43. The SMILES string of the molecule is COCCNCc1cc(Cl)ccc1-n1cc(I)cn1. The Morgan fingerprint density at radius 3 is 3.00 bits per heavy atom. The molecular formula is C13H15ClIN3O. The lowest BCUT2D eigenvalue weighted by atomic mass is 10.1. The van der Waals surface area contributed by atoms with E-state index in [4.69, 9.17) is 16.3 Å². The predicted octanol–water partition coefficient (Wildman–Crippen LogP) is 2.87. The molecule has 0 saturated carbocycles. The number of ether oxygens (including phenoxy) is 1. The van der Waals surface area contributed by atoms with Crippen LogP contribution in [0.3, 0.4) is 0 Å². The van der Waals surface area contributed by atoms with Gasteiger partial charge in [0, 0.05) is 31.4 Å². The van der Waals surface area contributed by atoms with E-state index in [1.807, 2.05) is 35.3 Å². The average molecular weight is 392 g/mol. The average Bonchev–Trinajstić information content (AvgIpc) is 2.81. The number of benzene rings is 1. The molecule has 0 aliphatic rings. The summed E-state index contributed by atoms with van der Waals surface area (Å²) in [5.41, 5.74) is 2.15. The summed E-state index contributed by atoms with van der Waals surface area (Å²) >= 11 is 8.31. The van der Waals surface area contributed by atoms with Crippen LogP contribution in [-0.2, 0) is 11.3 Å². The van der Waals surface area contributed by atoms with Gasteiger partial charge in [-0.2, -0.15) is 5.10 Å². The molecule has 2 aromatic rings. The number of halogens is 2. The van der Waals surface area contributed by atoms with E-state index < -0.39 is 0 Å². The minimum Gasteiger partial charge on any atom is -0.383 e. The lowest BCUT2D eigenvalue weighted by Crippen LogP contribution is -2.19. The van der Waals surface area contributed by atoms with Crippen molar-refractivity contribution in [2.24, 2.45) is 0 Å². The van der Waals surface area contributed by atoms with Gasteiger partial charge in [-0.15, -0.1) is 0 Å². The van der Waals surface area contributed by atoms with Gasteiger partial charge in [0.1, 0.15) is 0 Å². The molecule has 102 valence electrons. The van der Waals surface area contributed by atoms with Crippen LogP contribution >= 0.6 is 34.2 Å². The summed E-state index contributed by atoms with van der Waals surface area (Å²) in [5.74, 6) is 0. The summed E-state index contributed by atoms with van der Waals surface area (Å²) in [7, 11) is 1.69. The van der Waals surface area contributed by atoms with Crippen molar-refractivity contribution < 1.29 is 4.74 Å². The second-order valence-corrected chi connectivity index (χ2v) is 5.73. The molecule has 6 heteroatoms. The molecule has 2 rings (SSSR count). The molecule has 0 saturated heterocycles. The molecule has 1 heterocycles. The van der Waals surface area contributed by atoms with Gasteiger partial charge in [-0.1, -0.05) is 11.6 Å². The Morgan fingerprint density at radius 2 is 2.32 bits per heavy atom. The van der Waals surface area contributed by atoms with Crippen LogP contribution < -0.4 is 5.32 Å². The second-order valence-electron chi connectivity index (χ2n) is 4.05. The smallest absolute Gasteiger partial charge is 0.0691 e. The fourth-order valence-electron chi connectivity index (χ4n) is 1.75. The normalized spacial score (nSPS) is 10.9. The molecule has 0 unspecified atom stereocenters. The minimum atomic E-state index is 0.690. The Labute approximate surface area is 131 Å². The number of nitrogens with one attached hydrogen (secondary N) is 1. The minimum absolute atomic E-state index is 0.690. The van der Waals surface area contributed by atoms with Crippen LogP contribution in [0.5, 0.6) is 0 Å². The van der Waals surface area contributed by atoms with Crippen LogP contribution in [0.2, 0.25) is 5.02 Å². The Morgan fingerprint density at radius 1 is 1.47 bits per heavy atom. The third-order valence-electron chi connectivity index (χ3n) is 2.64. The lowest BCUT2D eigenvalue weighted by molar-refractivity contribution is 0.199. The molecule has 0 aliphatic heterocycles. The first-order valence-corrected chi connectivity index (χ1v) is 7.35. The number of hydrogen-bond donors (Lipinski definition) is 1. The van der Waals surface area contributed by atoms with Gasteiger partial charge < -0.3 is 10.1 Å². The fourth-order valence-corrected chi connectivity index (χ4v) is 2.33. The van der Waals surface area contributed by atoms with Crippen LogP contribution in [0, 0.1) is 3.57 Å². The first-order valence-electron chi connectivity index (χ1n) is 5.89. The Kier molecular flexibility index (Phi) is 5.62. The van der Waals surface area contributed by atoms with Gasteiger partial charge in [0.25, 0.3) is 0 Å². The highest BCUT2D eigenvalue weighted by Crippen LogP contribution is 2.20. The van der Waals surface area contributed by atoms with Crippen molar-refractivity contribution in [3.8, 4) is 5.69 Å². The van der Waals surface area contributed by atoms with Crippen LogP contribution in [-0.4, -0.2) is 30.0 Å². The van der Waals surface area contributed by atoms with Gasteiger partial charge in [-0.05, 0) is 46.4 Å². The maximum Gasteiger partial charge on any atom is 0.0691 e. The van der Waals surface area contributed by atoms with Crippen molar-refractivity contribution in [2.75, 3.05) is 20.3 Å². The summed E-state index contributed by atoms with van der Waals surface area (Å²) in [6.45, 7) is 2.23. The highest BCUT2D eigenvalue weighted by Gasteiger charge is 2.07. The topological polar surface area (TPSA) is 39.1 Å². The summed E-state index contributed by atoms with van der Waals surface area (Å²) in [4.78, 5) is 0. The Hall–Kier alpha value is -0.630. The Balaban J connectivity index is 2.18. The first-order chi connectivity index (χ1) is 9.20. The zero-order valence-corrected chi connectivity index (χ0v) is 13.5. The number of nitrogens with zero attached hydrogens (tertiary/aromatic N) is 2. The molecule has 1 N–H and O–H groups in total. The molecule has 19 heavy (non-hydrogen) atoms. The zero-order chi connectivity index (χ0) is 13.7. The highest BCUT2D eigenvalue weighted by molar-refractivity contribution is 14.1. The number of rotatable bonds is 6. The second kappa shape index (κ2) is 7.23. The van der Waals surface area contributed by atoms with E-state index >= 15 is 0 Å². The number of aromatic nitrogens is 2. The molecule has 0 atom stereocenters. The molecule has 1 aromatic heterocycles. The van der Waals surface area contributed by atoms with E-state index in [-0.39, 0.29) is 0 Å². The van der Waals surface area contributed by atoms with Crippen LogP contribution in [0.1, 0.15) is 5.56 Å². The fraction of sp³-hybridized carbons (Fsp3) is 0.308. The van der Waals surface area contributed by atoms with Gasteiger partial charge in [0.05, 0.1) is 22.1 Å². The summed E-state index contributed by atoms with van der Waals surface area (Å²) < 4.78 is 7.98. The van der Waals surface area contributed by atoms with Crippen molar-refractivity contribution in [3.63, 3.8) is 0 Å². The molecular weight excluding hydrogens is 377 g/mol. The molecule has 0 fully saturated rings. The summed E-state index contributed by atoms with van der Waals surface area (Å²) in [5, 5.41) is 8.39. The van der Waals surface area contributed by atoms with Crippen molar-refractivity contribution in [2.45, 2.75) is 6.54 Å². The molecule has 0 bridgehead atoms. The maximum atomic E-state index is 6.07. The van der Waals surface area contributed by atoms with Crippen LogP contribution in [0.15, 0.2) is 30.6 Å². The number of hydrogen-bond acceptors (Lipinski definition) is 3. The van der Waals surface area contributed by atoms with E-state index in [2.05, 4.69) is 33.0 Å². The standard InChI is InChI=1S/C13H15ClIN3O/c1-19-5-4-16-7-10-6-11(14)2-3-13(10)18-9-12(15)8-17-18/h2-3,6,8-9,16H,4-5,7H2,1H3. The third kappa shape index (κ3) is 4.17. The molecule has 1 aromatic carbocycles. The van der Waals surface area contributed by atoms with Crippen LogP contribution in [0.25, 0.3) is 5.69 Å². The van der Waals surface area contributed by atoms with E-state index in [0.717, 1.165) is 32.9 Å². The van der Waals surface area contributed by atoms with Gasteiger partial charge in [-0.3, -0.25) is 0 Å². The van der Waals surface area contributed by atoms with E-state index in [1.165, 1.54) is 0 Å². The maximum absolute atomic E-state index is 6.07. The van der Waals surface area contributed by atoms with Crippen LogP contribution in [0.4, 0.5) is 0 Å². The summed E-state index contributed by atoms with van der Waals surface area (Å²) in [6, 6.07) is 5.83. The van der Waals surface area contributed by atoms with E-state index in [1.54, 1.807) is 7.11 Å². The van der Waals surface area contributed by atoms with E-state index in [9.17, 15) is 0 Å². The van der Waals surface area contributed by atoms with Gasteiger partial charge >= 0.3 is 0 Å². The van der Waals surface area contributed by atoms with E-state index in [0.29, 0.717) is 6.61 Å². The molecule has 0 radical (unpaired) electrons. The molecule has 0 spiro atoms. The Bertz CT molecular complexity index is 544. The monoisotopic (exact) mass is 391 g/mol. The highest BCUT2D eigenvalue weighted by atomic mass is 127. The van der Waals surface area contributed by atoms with Crippen molar-refractivity contribution >= 4 is 34.2 Å². The zero-order valence-electron chi connectivity index (χ0n) is 10.6. The van der Waals surface area contributed by atoms with Gasteiger partial charge in [-0.25, -0.2) is 4.68 Å². The molecule has 4 nitrogen and oxygen atoms in total. The van der Waals surface area contributed by atoms with Crippen molar-refractivity contribution in [1.29, 1.82) is 0 Å². The van der Waals surface area contributed by atoms with Gasteiger partial charge in [0.15, 0.2) is 0 Å². The quantitative estimate of drug-likeness (QED) is 0.608. The first kappa shape index (κ1) is 14.8.